The summed E-state index contributed by atoms with van der Waals surface area (Å²) < 4.78 is 5.74. The molecule has 2 aromatic carbocycles. The zero-order chi connectivity index (χ0) is 18.3. The molecule has 3 aromatic rings. The molecule has 0 saturated carbocycles. The maximum absolute atomic E-state index is 12.5. The lowest BCUT2D eigenvalue weighted by Crippen LogP contribution is -2.38. The fourth-order valence-corrected chi connectivity index (χ4v) is 4.37. The van der Waals surface area contributed by atoms with Crippen LogP contribution in [0.5, 0.6) is 5.75 Å². The molecule has 1 N–H and O–H groups in total. The molecule has 4 nitrogen and oxygen atoms in total. The van der Waals surface area contributed by atoms with Crippen molar-refractivity contribution >= 4 is 21.7 Å². The number of aryl methyl sites for hydroxylation is 1. The summed E-state index contributed by atoms with van der Waals surface area (Å²) in [6, 6.07) is 9.86. The smallest absolute Gasteiger partial charge is 0.344 e. The number of phenolic OH excluding ortho intramolecular Hbond substituents is 1. The summed E-state index contributed by atoms with van der Waals surface area (Å²) in [7, 11) is 0. The van der Waals surface area contributed by atoms with E-state index in [1.54, 1.807) is 12.1 Å². The Bertz CT molecular complexity index is 1020. The van der Waals surface area contributed by atoms with E-state index in [-0.39, 0.29) is 11.4 Å². The first kappa shape index (κ1) is 17.1. The number of piperidine rings is 1. The summed E-state index contributed by atoms with van der Waals surface area (Å²) in [4.78, 5) is 14.9. The summed E-state index contributed by atoms with van der Waals surface area (Å²) in [6.45, 7) is 5.80. The first-order valence-corrected chi connectivity index (χ1v) is 9.51. The van der Waals surface area contributed by atoms with E-state index < -0.39 is 0 Å². The predicted molar refractivity (Wildman–Crippen MR) is 105 cm³/mol. The Labute approximate surface area is 153 Å². The molecule has 0 bridgehead atoms. The highest BCUT2D eigenvalue weighted by atomic mass is 16.4. The van der Waals surface area contributed by atoms with E-state index in [1.807, 2.05) is 25.1 Å². The third-order valence-corrected chi connectivity index (χ3v) is 5.75. The van der Waals surface area contributed by atoms with Gasteiger partial charge in [-0.1, -0.05) is 31.5 Å². The number of hydrogen-bond donors (Lipinski definition) is 1. The number of benzene rings is 2. The first-order chi connectivity index (χ1) is 12.6. The fraction of sp³-hybridized carbons (Fsp3) is 0.409. The van der Waals surface area contributed by atoms with Crippen LogP contribution < -0.4 is 5.63 Å². The summed E-state index contributed by atoms with van der Waals surface area (Å²) >= 11 is 0. The van der Waals surface area contributed by atoms with Crippen LogP contribution in [-0.2, 0) is 6.54 Å². The highest BCUT2D eigenvalue weighted by Crippen LogP contribution is 2.35. The van der Waals surface area contributed by atoms with Crippen molar-refractivity contribution in [2.24, 2.45) is 0 Å². The van der Waals surface area contributed by atoms with Crippen LogP contribution in [0.15, 0.2) is 39.5 Å². The van der Waals surface area contributed by atoms with Crippen LogP contribution in [0.25, 0.3) is 21.7 Å². The molecule has 136 valence electrons. The topological polar surface area (TPSA) is 53.7 Å². The zero-order valence-electron chi connectivity index (χ0n) is 15.4. The predicted octanol–water partition coefficient (Wildman–Crippen LogP) is 4.72. The normalized spacial score (nSPS) is 18.6. The summed E-state index contributed by atoms with van der Waals surface area (Å²) in [5.74, 6) is 0.217. The summed E-state index contributed by atoms with van der Waals surface area (Å²) in [5.41, 5.74) is 1.84. The van der Waals surface area contributed by atoms with Gasteiger partial charge >= 0.3 is 5.63 Å². The van der Waals surface area contributed by atoms with Gasteiger partial charge in [-0.15, -0.1) is 0 Å². The van der Waals surface area contributed by atoms with Crippen molar-refractivity contribution in [3.8, 4) is 5.75 Å². The van der Waals surface area contributed by atoms with Crippen molar-refractivity contribution in [2.75, 3.05) is 6.54 Å². The quantitative estimate of drug-likeness (QED) is 0.548. The summed E-state index contributed by atoms with van der Waals surface area (Å²) in [5, 5.41) is 13.1. The van der Waals surface area contributed by atoms with Gasteiger partial charge in [-0.2, -0.15) is 0 Å². The maximum Gasteiger partial charge on any atom is 0.344 e. The zero-order valence-corrected chi connectivity index (χ0v) is 15.4. The third kappa shape index (κ3) is 2.78. The van der Waals surface area contributed by atoms with Crippen LogP contribution in [0.3, 0.4) is 0 Å². The van der Waals surface area contributed by atoms with Crippen molar-refractivity contribution in [2.45, 2.75) is 52.1 Å². The first-order valence-electron chi connectivity index (χ1n) is 9.51. The van der Waals surface area contributed by atoms with Crippen LogP contribution in [0.4, 0.5) is 0 Å². The van der Waals surface area contributed by atoms with E-state index in [2.05, 4.69) is 11.8 Å². The minimum atomic E-state index is -0.343. The highest BCUT2D eigenvalue weighted by Gasteiger charge is 2.24. The molecular formula is C22H25NO3. The fourth-order valence-electron chi connectivity index (χ4n) is 4.37. The molecule has 1 aliphatic heterocycles. The second-order valence-corrected chi connectivity index (χ2v) is 7.36. The van der Waals surface area contributed by atoms with E-state index in [0.29, 0.717) is 23.6 Å². The molecule has 0 amide bonds. The maximum atomic E-state index is 12.5. The average molecular weight is 351 g/mol. The largest absolute Gasteiger partial charge is 0.507 e. The molecule has 0 radical (unpaired) electrons. The SMILES string of the molecule is CCC1CCCCN1Cc1c(O)cc(C)c2c1oc(=O)c1ccccc12. The Hall–Kier alpha value is -2.33. The van der Waals surface area contributed by atoms with Gasteiger partial charge in [0.15, 0.2) is 0 Å². The van der Waals surface area contributed by atoms with Crippen LogP contribution in [0.2, 0.25) is 0 Å². The van der Waals surface area contributed by atoms with Crippen molar-refractivity contribution < 1.29 is 9.52 Å². The molecule has 26 heavy (non-hydrogen) atoms. The summed E-state index contributed by atoms with van der Waals surface area (Å²) in [6.07, 6.45) is 4.72. The molecule has 1 saturated heterocycles. The lowest BCUT2D eigenvalue weighted by Gasteiger charge is -2.35. The van der Waals surface area contributed by atoms with Gasteiger partial charge in [0.2, 0.25) is 0 Å². The van der Waals surface area contributed by atoms with Gasteiger partial charge in [-0.25, -0.2) is 4.79 Å². The van der Waals surface area contributed by atoms with Crippen molar-refractivity contribution in [3.63, 3.8) is 0 Å². The van der Waals surface area contributed by atoms with E-state index in [1.165, 1.54) is 19.3 Å². The second-order valence-electron chi connectivity index (χ2n) is 7.36. The highest BCUT2D eigenvalue weighted by molar-refractivity contribution is 6.07. The van der Waals surface area contributed by atoms with Gasteiger partial charge in [0.05, 0.1) is 10.9 Å². The minimum Gasteiger partial charge on any atom is -0.507 e. The number of fused-ring (bicyclic) bond motifs is 3. The molecule has 4 heteroatoms. The molecule has 1 fully saturated rings. The van der Waals surface area contributed by atoms with Gasteiger partial charge in [-0.05, 0) is 50.4 Å². The van der Waals surface area contributed by atoms with Gasteiger partial charge in [-0.3, -0.25) is 4.90 Å². The lowest BCUT2D eigenvalue weighted by atomic mass is 9.96. The second kappa shape index (κ2) is 6.76. The number of phenols is 1. The molecular weight excluding hydrogens is 326 g/mol. The Morgan fingerprint density at radius 2 is 2.00 bits per heavy atom. The van der Waals surface area contributed by atoms with Crippen LogP contribution in [-0.4, -0.2) is 22.6 Å². The number of nitrogens with zero attached hydrogens (tertiary/aromatic N) is 1. The molecule has 1 aromatic heterocycles. The van der Waals surface area contributed by atoms with Gasteiger partial charge in [0.1, 0.15) is 11.3 Å². The molecule has 0 spiro atoms. The molecule has 1 unspecified atom stereocenters. The monoisotopic (exact) mass is 351 g/mol. The van der Waals surface area contributed by atoms with Gasteiger partial charge < -0.3 is 9.52 Å². The molecule has 1 atom stereocenters. The molecule has 0 aliphatic carbocycles. The Kier molecular flexibility index (Phi) is 4.45. The minimum absolute atomic E-state index is 0.217. The lowest BCUT2D eigenvalue weighted by molar-refractivity contribution is 0.135. The number of likely N-dealkylation sites (tertiary alicyclic amines) is 1. The van der Waals surface area contributed by atoms with Crippen LogP contribution >= 0.6 is 0 Å². The third-order valence-electron chi connectivity index (χ3n) is 5.75. The van der Waals surface area contributed by atoms with Crippen molar-refractivity contribution in [3.05, 3.63) is 51.9 Å². The Morgan fingerprint density at radius 1 is 1.23 bits per heavy atom. The van der Waals surface area contributed by atoms with E-state index >= 15 is 0 Å². The standard InChI is InChI=1S/C22H25NO3/c1-3-15-8-6-7-11-23(15)13-18-19(24)12-14(2)20-16-9-4-5-10-17(16)22(25)26-21(18)20/h4-5,9-10,12,15,24H,3,6-8,11,13H2,1-2H3. The molecule has 1 aliphatic rings. The number of hydrogen-bond acceptors (Lipinski definition) is 4. The average Bonchev–Trinajstić information content (AvgIpc) is 2.65. The molecule has 4 rings (SSSR count). The van der Waals surface area contributed by atoms with Crippen LogP contribution in [0, 0.1) is 6.92 Å². The number of rotatable bonds is 3. The van der Waals surface area contributed by atoms with Gasteiger partial charge in [0.25, 0.3) is 0 Å². The number of aromatic hydroxyl groups is 1. The van der Waals surface area contributed by atoms with E-state index in [9.17, 15) is 9.90 Å². The van der Waals surface area contributed by atoms with Crippen molar-refractivity contribution in [1.29, 1.82) is 0 Å². The molecule has 2 heterocycles. The van der Waals surface area contributed by atoms with E-state index in [4.69, 9.17) is 4.42 Å². The van der Waals surface area contributed by atoms with Crippen LogP contribution in [0.1, 0.15) is 43.7 Å². The Morgan fingerprint density at radius 3 is 2.77 bits per heavy atom. The Balaban J connectivity index is 1.93. The van der Waals surface area contributed by atoms with Crippen molar-refractivity contribution in [1.82, 2.24) is 4.90 Å². The van der Waals surface area contributed by atoms with Gasteiger partial charge in [0, 0.05) is 23.4 Å². The van der Waals surface area contributed by atoms with E-state index in [0.717, 1.165) is 34.9 Å².